The maximum Gasteiger partial charge on any atom is 0.225 e. The Morgan fingerprint density at radius 3 is 2.64 bits per heavy atom. The molecule has 2 aliphatic carbocycles. The van der Waals surface area contributed by atoms with Gasteiger partial charge in [-0.3, -0.25) is 9.59 Å². The molecule has 4 rings (SSSR count). The highest BCUT2D eigenvalue weighted by molar-refractivity contribution is 5.89. The van der Waals surface area contributed by atoms with Crippen molar-refractivity contribution in [2.75, 3.05) is 13.1 Å². The molecule has 1 N–H and O–H groups in total. The van der Waals surface area contributed by atoms with E-state index in [1.807, 2.05) is 17.0 Å². The summed E-state index contributed by atoms with van der Waals surface area (Å²) in [4.78, 5) is 26.5. The van der Waals surface area contributed by atoms with Crippen molar-refractivity contribution in [3.63, 3.8) is 0 Å². The fraction of sp³-hybridized carbons (Fsp3) is 0.600. The van der Waals surface area contributed by atoms with Crippen LogP contribution in [0.5, 0.6) is 0 Å². The number of hydrogen-bond donors (Lipinski definition) is 1. The number of amides is 2. The van der Waals surface area contributed by atoms with Crippen molar-refractivity contribution in [1.82, 2.24) is 10.2 Å². The molecule has 0 spiro atoms. The lowest BCUT2D eigenvalue weighted by molar-refractivity contribution is -0.129. The van der Waals surface area contributed by atoms with E-state index < -0.39 is 0 Å². The number of hydrogen-bond acceptors (Lipinski definition) is 2. The second-order valence-electron chi connectivity index (χ2n) is 7.86. The van der Waals surface area contributed by atoms with Crippen LogP contribution in [-0.2, 0) is 15.0 Å². The Morgan fingerprint density at radius 2 is 1.96 bits per heavy atom. The Bertz CT molecular complexity index is 680. The zero-order valence-corrected chi connectivity index (χ0v) is 14.5. The van der Waals surface area contributed by atoms with Gasteiger partial charge in [0.1, 0.15) is 5.82 Å². The molecule has 0 aromatic heterocycles. The van der Waals surface area contributed by atoms with Crippen molar-refractivity contribution < 1.29 is 14.0 Å². The quantitative estimate of drug-likeness (QED) is 0.893. The number of benzene rings is 1. The zero-order chi connectivity index (χ0) is 17.4. The topological polar surface area (TPSA) is 49.4 Å². The average molecular weight is 344 g/mol. The molecule has 2 saturated carbocycles. The van der Waals surface area contributed by atoms with Crippen LogP contribution in [0.1, 0.15) is 50.5 Å². The highest BCUT2D eigenvalue weighted by atomic mass is 19.1. The lowest BCUT2D eigenvalue weighted by Crippen LogP contribution is -2.42. The summed E-state index contributed by atoms with van der Waals surface area (Å²) in [5.74, 6) is -0.395. The standard InChI is InChI=1S/C20H25FN2O2/c21-17-6-2-1-5-16(17)20(9-3-4-10-20)13-22-19(25)14-11-18(24)23(12-14)15-7-8-15/h1-2,5-6,14-15H,3-4,7-13H2,(H,22,25)/t14-/m1/s1. The molecule has 1 atom stereocenters. The molecule has 0 radical (unpaired) electrons. The minimum absolute atomic E-state index is 0.0564. The molecule has 2 amide bonds. The first-order valence-corrected chi connectivity index (χ1v) is 9.41. The third-order valence-electron chi connectivity index (χ3n) is 6.12. The first-order valence-electron chi connectivity index (χ1n) is 9.41. The van der Waals surface area contributed by atoms with Gasteiger partial charge in [0.05, 0.1) is 5.92 Å². The van der Waals surface area contributed by atoms with E-state index in [2.05, 4.69) is 5.32 Å². The fourth-order valence-electron chi connectivity index (χ4n) is 4.53. The van der Waals surface area contributed by atoms with E-state index >= 15 is 0 Å². The van der Waals surface area contributed by atoms with Crippen LogP contribution in [0, 0.1) is 11.7 Å². The molecule has 0 bridgehead atoms. The number of likely N-dealkylation sites (tertiary alicyclic amines) is 1. The van der Waals surface area contributed by atoms with Crippen LogP contribution in [0.15, 0.2) is 24.3 Å². The van der Waals surface area contributed by atoms with E-state index in [1.54, 1.807) is 6.07 Å². The molecule has 4 nitrogen and oxygen atoms in total. The van der Waals surface area contributed by atoms with Crippen LogP contribution in [0.4, 0.5) is 4.39 Å². The summed E-state index contributed by atoms with van der Waals surface area (Å²) in [7, 11) is 0. The highest BCUT2D eigenvalue weighted by Crippen LogP contribution is 2.41. The molecule has 3 fully saturated rings. The van der Waals surface area contributed by atoms with Crippen LogP contribution < -0.4 is 5.32 Å². The van der Waals surface area contributed by atoms with Gasteiger partial charge in [-0.15, -0.1) is 0 Å². The Balaban J connectivity index is 1.43. The third-order valence-corrected chi connectivity index (χ3v) is 6.12. The maximum absolute atomic E-state index is 14.3. The van der Waals surface area contributed by atoms with Crippen molar-refractivity contribution >= 4 is 11.8 Å². The van der Waals surface area contributed by atoms with Gasteiger partial charge in [-0.05, 0) is 37.3 Å². The second-order valence-corrected chi connectivity index (χ2v) is 7.86. The van der Waals surface area contributed by atoms with Crippen molar-refractivity contribution in [2.24, 2.45) is 5.92 Å². The predicted molar refractivity (Wildman–Crippen MR) is 92.4 cm³/mol. The van der Waals surface area contributed by atoms with Crippen molar-refractivity contribution in [3.8, 4) is 0 Å². The second kappa shape index (κ2) is 6.43. The minimum atomic E-state index is -0.306. The van der Waals surface area contributed by atoms with E-state index in [0.29, 0.717) is 25.6 Å². The molecule has 1 heterocycles. The SMILES string of the molecule is O=C(NCC1(c2ccccc2F)CCCC1)[C@@H]1CC(=O)N(C2CC2)C1. The summed E-state index contributed by atoms with van der Waals surface area (Å²) < 4.78 is 14.3. The number of rotatable bonds is 5. The monoisotopic (exact) mass is 344 g/mol. The van der Waals surface area contributed by atoms with Gasteiger partial charge in [0, 0.05) is 31.0 Å². The maximum atomic E-state index is 14.3. The first kappa shape index (κ1) is 16.6. The number of carbonyl (C=O) groups excluding carboxylic acids is 2. The number of nitrogens with zero attached hydrogens (tertiary/aromatic N) is 1. The Kier molecular flexibility index (Phi) is 4.26. The lowest BCUT2D eigenvalue weighted by atomic mass is 9.78. The van der Waals surface area contributed by atoms with Gasteiger partial charge in [0.2, 0.25) is 11.8 Å². The minimum Gasteiger partial charge on any atom is -0.355 e. The van der Waals surface area contributed by atoms with Crippen molar-refractivity contribution in [2.45, 2.75) is 56.4 Å². The van der Waals surface area contributed by atoms with Crippen LogP contribution in [0.25, 0.3) is 0 Å². The molecule has 0 unspecified atom stereocenters. The van der Waals surface area contributed by atoms with E-state index in [1.165, 1.54) is 6.07 Å². The van der Waals surface area contributed by atoms with Gasteiger partial charge < -0.3 is 10.2 Å². The van der Waals surface area contributed by atoms with Gasteiger partial charge in [-0.25, -0.2) is 4.39 Å². The van der Waals surface area contributed by atoms with Gasteiger partial charge >= 0.3 is 0 Å². The zero-order valence-electron chi connectivity index (χ0n) is 14.5. The number of halogens is 1. The summed E-state index contributed by atoms with van der Waals surface area (Å²) in [6.45, 7) is 1.00. The van der Waals surface area contributed by atoms with Crippen LogP contribution in [-0.4, -0.2) is 35.8 Å². The summed E-state index contributed by atoms with van der Waals surface area (Å²) in [6.07, 6.45) is 6.35. The Hall–Kier alpha value is -1.91. The van der Waals surface area contributed by atoms with Crippen LogP contribution in [0.2, 0.25) is 0 Å². The largest absolute Gasteiger partial charge is 0.355 e. The van der Waals surface area contributed by atoms with Crippen LogP contribution >= 0.6 is 0 Å². The highest BCUT2D eigenvalue weighted by Gasteiger charge is 2.43. The molecular weight excluding hydrogens is 319 g/mol. The average Bonchev–Trinajstić information content (AvgIpc) is 3.20. The van der Waals surface area contributed by atoms with Crippen LogP contribution in [0.3, 0.4) is 0 Å². The van der Waals surface area contributed by atoms with E-state index in [9.17, 15) is 14.0 Å². The molecule has 3 aliphatic rings. The Morgan fingerprint density at radius 1 is 1.24 bits per heavy atom. The summed E-state index contributed by atoms with van der Waals surface area (Å²) >= 11 is 0. The smallest absolute Gasteiger partial charge is 0.225 e. The summed E-state index contributed by atoms with van der Waals surface area (Å²) in [6, 6.07) is 7.28. The third kappa shape index (κ3) is 3.16. The molecule has 1 aromatic carbocycles. The Labute approximate surface area is 147 Å². The lowest BCUT2D eigenvalue weighted by Gasteiger charge is -2.30. The summed E-state index contributed by atoms with van der Waals surface area (Å²) in [5.41, 5.74) is 0.412. The normalized spacial score (nSPS) is 25.4. The van der Waals surface area contributed by atoms with Gasteiger partial charge in [0.25, 0.3) is 0 Å². The number of nitrogens with one attached hydrogen (secondary N) is 1. The molecule has 134 valence electrons. The van der Waals surface area contributed by atoms with E-state index in [4.69, 9.17) is 0 Å². The summed E-state index contributed by atoms with van der Waals surface area (Å²) in [5, 5.41) is 3.05. The fourth-order valence-corrected chi connectivity index (χ4v) is 4.53. The van der Waals surface area contributed by atoms with Gasteiger partial charge in [0.15, 0.2) is 0 Å². The molecule has 1 saturated heterocycles. The van der Waals surface area contributed by atoms with Gasteiger partial charge in [-0.1, -0.05) is 31.0 Å². The van der Waals surface area contributed by atoms with Crippen molar-refractivity contribution in [1.29, 1.82) is 0 Å². The molecule has 5 heteroatoms. The van der Waals surface area contributed by atoms with Crippen molar-refractivity contribution in [3.05, 3.63) is 35.6 Å². The van der Waals surface area contributed by atoms with E-state index in [-0.39, 0.29) is 29.0 Å². The predicted octanol–water partition coefficient (Wildman–Crippen LogP) is 2.76. The molecule has 25 heavy (non-hydrogen) atoms. The first-order chi connectivity index (χ1) is 12.1. The van der Waals surface area contributed by atoms with E-state index in [0.717, 1.165) is 44.1 Å². The van der Waals surface area contributed by atoms with Gasteiger partial charge in [-0.2, -0.15) is 0 Å². The molecule has 1 aliphatic heterocycles. The molecular formula is C20H25FN2O2. The number of carbonyl (C=O) groups is 2. The molecule has 1 aromatic rings.